The third-order valence-corrected chi connectivity index (χ3v) is 4.73. The monoisotopic (exact) mass is 356 g/mol. The van der Waals surface area contributed by atoms with E-state index in [4.69, 9.17) is 4.74 Å². The number of benzene rings is 1. The van der Waals surface area contributed by atoms with Crippen LogP contribution in [0.25, 0.3) is 6.08 Å². The van der Waals surface area contributed by atoms with E-state index in [1.54, 1.807) is 6.08 Å². The van der Waals surface area contributed by atoms with Gasteiger partial charge in [-0.2, -0.15) is 0 Å². The Morgan fingerprint density at radius 2 is 1.92 bits per heavy atom. The van der Waals surface area contributed by atoms with Gasteiger partial charge in [0.05, 0.1) is 0 Å². The van der Waals surface area contributed by atoms with Crippen LogP contribution in [0.5, 0.6) is 0 Å². The van der Waals surface area contributed by atoms with Crippen LogP contribution in [0, 0.1) is 0 Å². The number of carbonyl (C=O) groups is 2. The second kappa shape index (κ2) is 8.48. The van der Waals surface area contributed by atoms with Crippen molar-refractivity contribution < 1.29 is 14.3 Å². The number of nitrogens with one attached hydrogen (secondary N) is 1. The van der Waals surface area contributed by atoms with Gasteiger partial charge in [-0.3, -0.25) is 4.79 Å². The Morgan fingerprint density at radius 1 is 1.16 bits per heavy atom. The van der Waals surface area contributed by atoms with Crippen molar-refractivity contribution in [3.05, 3.63) is 52.7 Å². The first kappa shape index (κ1) is 17.2. The smallest absolute Gasteiger partial charge is 0.331 e. The summed E-state index contributed by atoms with van der Waals surface area (Å²) >= 11 is 1.52. The molecule has 1 aromatic carbocycles. The highest BCUT2D eigenvalue weighted by atomic mass is 32.1. The lowest BCUT2D eigenvalue weighted by Gasteiger charge is -2.17. The van der Waals surface area contributed by atoms with Gasteiger partial charge in [-0.05, 0) is 54.6 Å². The average molecular weight is 356 g/mol. The first-order valence-corrected chi connectivity index (χ1v) is 9.12. The Labute approximate surface area is 150 Å². The first-order valence-electron chi connectivity index (χ1n) is 8.24. The third-order valence-electron chi connectivity index (χ3n) is 3.89. The molecule has 0 aliphatic carbocycles. The number of ether oxygens (including phenoxy) is 1. The van der Waals surface area contributed by atoms with Crippen molar-refractivity contribution in [1.29, 1.82) is 0 Å². The third kappa shape index (κ3) is 5.19. The summed E-state index contributed by atoms with van der Waals surface area (Å²) < 4.78 is 4.94. The van der Waals surface area contributed by atoms with Gasteiger partial charge in [0.2, 0.25) is 0 Å². The Hall–Kier alpha value is -2.60. The summed E-state index contributed by atoms with van der Waals surface area (Å²) in [4.78, 5) is 26.8. The van der Waals surface area contributed by atoms with Crippen molar-refractivity contribution in [2.75, 3.05) is 29.9 Å². The molecule has 0 saturated carbocycles. The van der Waals surface area contributed by atoms with Gasteiger partial charge in [-0.15, -0.1) is 11.3 Å². The molecule has 1 aliphatic heterocycles. The van der Waals surface area contributed by atoms with E-state index in [9.17, 15) is 9.59 Å². The summed E-state index contributed by atoms with van der Waals surface area (Å²) in [5.41, 5.74) is 1.86. The Balaban J connectivity index is 1.43. The van der Waals surface area contributed by atoms with Crippen LogP contribution in [0.15, 0.2) is 47.9 Å². The lowest BCUT2D eigenvalue weighted by Crippen LogP contribution is -2.20. The SMILES string of the molecule is O=C(COC(=O)/C=C/c1cccs1)Nc1ccc(N2CCCC2)cc1. The minimum absolute atomic E-state index is 0.304. The summed E-state index contributed by atoms with van der Waals surface area (Å²) in [5.74, 6) is -0.889. The molecule has 1 saturated heterocycles. The van der Waals surface area contributed by atoms with Crippen LogP contribution in [-0.2, 0) is 14.3 Å². The van der Waals surface area contributed by atoms with E-state index in [1.165, 1.54) is 35.9 Å². The van der Waals surface area contributed by atoms with Crippen LogP contribution in [0.2, 0.25) is 0 Å². The molecule has 0 unspecified atom stereocenters. The molecular formula is C19H20N2O3S. The molecule has 1 N–H and O–H groups in total. The predicted molar refractivity (Wildman–Crippen MR) is 101 cm³/mol. The zero-order chi connectivity index (χ0) is 17.5. The van der Waals surface area contributed by atoms with Crippen molar-refractivity contribution in [2.45, 2.75) is 12.8 Å². The zero-order valence-electron chi connectivity index (χ0n) is 13.8. The van der Waals surface area contributed by atoms with Gasteiger partial charge in [0.15, 0.2) is 6.61 Å². The summed E-state index contributed by atoms with van der Waals surface area (Å²) in [5, 5.41) is 4.65. The molecule has 1 aromatic heterocycles. The first-order chi connectivity index (χ1) is 12.2. The molecule has 0 radical (unpaired) electrons. The van der Waals surface area contributed by atoms with Gasteiger partial charge in [0.25, 0.3) is 5.91 Å². The number of thiophene rings is 1. The Morgan fingerprint density at radius 3 is 2.60 bits per heavy atom. The van der Waals surface area contributed by atoms with E-state index in [0.29, 0.717) is 5.69 Å². The minimum Gasteiger partial charge on any atom is -0.452 e. The molecule has 130 valence electrons. The number of hydrogen-bond acceptors (Lipinski definition) is 5. The molecule has 6 heteroatoms. The quantitative estimate of drug-likeness (QED) is 0.635. The highest BCUT2D eigenvalue weighted by Crippen LogP contribution is 2.22. The fraction of sp³-hybridized carbons (Fsp3) is 0.263. The second-order valence-corrected chi connectivity index (χ2v) is 6.72. The van der Waals surface area contributed by atoms with E-state index in [0.717, 1.165) is 18.0 Å². The van der Waals surface area contributed by atoms with Crippen LogP contribution in [-0.4, -0.2) is 31.6 Å². The molecule has 0 atom stereocenters. The number of rotatable bonds is 6. The molecule has 5 nitrogen and oxygen atoms in total. The van der Waals surface area contributed by atoms with Gasteiger partial charge < -0.3 is 15.0 Å². The van der Waals surface area contributed by atoms with Crippen molar-refractivity contribution in [3.8, 4) is 0 Å². The van der Waals surface area contributed by atoms with Crippen LogP contribution in [0.3, 0.4) is 0 Å². The predicted octanol–water partition coefficient (Wildman–Crippen LogP) is 3.54. The molecule has 25 heavy (non-hydrogen) atoms. The largest absolute Gasteiger partial charge is 0.452 e. The molecule has 0 bridgehead atoms. The maximum absolute atomic E-state index is 11.9. The van der Waals surface area contributed by atoms with Crippen molar-refractivity contribution in [1.82, 2.24) is 0 Å². The Kier molecular flexibility index (Phi) is 5.85. The van der Waals surface area contributed by atoms with Gasteiger partial charge in [-0.25, -0.2) is 4.79 Å². The van der Waals surface area contributed by atoms with Crippen LogP contribution in [0.1, 0.15) is 17.7 Å². The van der Waals surface area contributed by atoms with E-state index >= 15 is 0 Å². The fourth-order valence-corrected chi connectivity index (χ4v) is 3.27. The average Bonchev–Trinajstić information content (AvgIpc) is 3.32. The Bertz CT molecular complexity index is 733. The summed E-state index contributed by atoms with van der Waals surface area (Å²) in [7, 11) is 0. The molecule has 1 fully saturated rings. The molecule has 1 amide bonds. The van der Waals surface area contributed by atoms with E-state index in [-0.39, 0.29) is 12.5 Å². The van der Waals surface area contributed by atoms with Crippen LogP contribution in [0.4, 0.5) is 11.4 Å². The summed E-state index contributed by atoms with van der Waals surface area (Å²) in [6.07, 6.45) is 5.45. The maximum atomic E-state index is 11.9. The maximum Gasteiger partial charge on any atom is 0.331 e. The van der Waals surface area contributed by atoms with Crippen molar-refractivity contribution in [2.24, 2.45) is 0 Å². The number of carbonyl (C=O) groups excluding carboxylic acids is 2. The number of anilines is 2. The van der Waals surface area contributed by atoms with Gasteiger partial charge in [0.1, 0.15) is 0 Å². The number of nitrogens with zero attached hydrogens (tertiary/aromatic N) is 1. The molecule has 3 rings (SSSR count). The highest BCUT2D eigenvalue weighted by Gasteiger charge is 2.12. The van der Waals surface area contributed by atoms with Gasteiger partial charge in [-0.1, -0.05) is 6.07 Å². The summed E-state index contributed by atoms with van der Waals surface area (Å²) in [6, 6.07) is 11.5. The normalized spacial score (nSPS) is 14.0. The number of amides is 1. The summed E-state index contributed by atoms with van der Waals surface area (Å²) in [6.45, 7) is 1.86. The molecular weight excluding hydrogens is 336 g/mol. The standard InChI is InChI=1S/C19H20N2O3S/c22-18(14-24-19(23)10-9-17-4-3-13-25-17)20-15-5-7-16(8-6-15)21-11-1-2-12-21/h3-10,13H,1-2,11-12,14H2,(H,20,22)/b10-9+. The van der Waals surface area contributed by atoms with E-state index in [1.807, 2.05) is 41.8 Å². The number of esters is 1. The molecule has 1 aliphatic rings. The highest BCUT2D eigenvalue weighted by molar-refractivity contribution is 7.10. The van der Waals surface area contributed by atoms with E-state index in [2.05, 4.69) is 10.2 Å². The van der Waals surface area contributed by atoms with Crippen LogP contribution < -0.4 is 10.2 Å². The minimum atomic E-state index is -0.534. The molecule has 2 aromatic rings. The second-order valence-electron chi connectivity index (χ2n) is 5.75. The van der Waals surface area contributed by atoms with Crippen molar-refractivity contribution in [3.63, 3.8) is 0 Å². The van der Waals surface area contributed by atoms with Crippen LogP contribution >= 0.6 is 11.3 Å². The molecule has 2 heterocycles. The molecule has 0 spiro atoms. The van der Waals surface area contributed by atoms with Crippen molar-refractivity contribution >= 4 is 40.7 Å². The fourth-order valence-electron chi connectivity index (χ4n) is 2.65. The van der Waals surface area contributed by atoms with E-state index < -0.39 is 5.97 Å². The lowest BCUT2D eigenvalue weighted by molar-refractivity contribution is -0.142. The van der Waals surface area contributed by atoms with Gasteiger partial charge >= 0.3 is 5.97 Å². The lowest BCUT2D eigenvalue weighted by atomic mass is 10.2. The number of hydrogen-bond donors (Lipinski definition) is 1. The zero-order valence-corrected chi connectivity index (χ0v) is 14.6. The topological polar surface area (TPSA) is 58.6 Å². The van der Waals surface area contributed by atoms with Gasteiger partial charge in [0, 0.05) is 35.4 Å².